The third-order valence-electron chi connectivity index (χ3n) is 7.44. The zero-order valence-corrected chi connectivity index (χ0v) is 20.0. The standard InChI is InChI=1S/C34H21N3/c1-2-10-23-19-26(18-17-22(23)9-1)33-28-14-5-6-15-29(28)34(36-35-33)37-31-16-8-7-13-27(31)30-20-24-11-3-4-12-25(24)21-32(30)37/h1-21H. The second kappa shape index (κ2) is 7.74. The Hall–Kier alpha value is -5.02. The van der Waals surface area contributed by atoms with Gasteiger partial charge in [-0.15, -0.1) is 10.2 Å². The van der Waals surface area contributed by atoms with Gasteiger partial charge in [0.2, 0.25) is 0 Å². The van der Waals surface area contributed by atoms with E-state index in [0.717, 1.165) is 38.9 Å². The Balaban J connectivity index is 1.45. The fraction of sp³-hybridized carbons (Fsp3) is 0. The van der Waals surface area contributed by atoms with Crippen molar-refractivity contribution in [2.24, 2.45) is 0 Å². The van der Waals surface area contributed by atoms with Crippen molar-refractivity contribution in [3.8, 4) is 17.1 Å². The second-order valence-corrected chi connectivity index (χ2v) is 9.55. The Labute approximate surface area is 213 Å². The maximum absolute atomic E-state index is 4.90. The number of aromatic nitrogens is 3. The third-order valence-corrected chi connectivity index (χ3v) is 7.44. The Morgan fingerprint density at radius 2 is 1.03 bits per heavy atom. The van der Waals surface area contributed by atoms with Crippen LogP contribution in [0.2, 0.25) is 0 Å². The molecule has 0 aliphatic heterocycles. The number of hydrogen-bond donors (Lipinski definition) is 0. The molecule has 0 fully saturated rings. The van der Waals surface area contributed by atoms with Crippen LogP contribution in [0.1, 0.15) is 0 Å². The molecule has 0 aliphatic rings. The van der Waals surface area contributed by atoms with Gasteiger partial charge in [-0.1, -0.05) is 103 Å². The minimum absolute atomic E-state index is 0.849. The molecular formula is C34H21N3. The molecule has 0 atom stereocenters. The van der Waals surface area contributed by atoms with Crippen LogP contribution in [-0.2, 0) is 0 Å². The van der Waals surface area contributed by atoms with Crippen molar-refractivity contribution in [2.75, 3.05) is 0 Å². The highest BCUT2D eigenvalue weighted by atomic mass is 15.2. The van der Waals surface area contributed by atoms with E-state index in [4.69, 9.17) is 10.2 Å². The second-order valence-electron chi connectivity index (χ2n) is 9.55. The molecule has 8 aromatic rings. The molecule has 2 aromatic heterocycles. The van der Waals surface area contributed by atoms with Gasteiger partial charge >= 0.3 is 0 Å². The molecule has 0 saturated carbocycles. The summed E-state index contributed by atoms with van der Waals surface area (Å²) < 4.78 is 2.27. The first-order valence-electron chi connectivity index (χ1n) is 12.5. The molecule has 0 bridgehead atoms. The summed E-state index contributed by atoms with van der Waals surface area (Å²) >= 11 is 0. The molecular weight excluding hydrogens is 450 g/mol. The predicted octanol–water partition coefficient (Wildman–Crippen LogP) is 8.70. The van der Waals surface area contributed by atoms with E-state index in [1.165, 1.54) is 32.3 Å². The summed E-state index contributed by atoms with van der Waals surface area (Å²) in [6, 6.07) is 45.1. The summed E-state index contributed by atoms with van der Waals surface area (Å²) in [6.07, 6.45) is 0. The average Bonchev–Trinajstić information content (AvgIpc) is 3.28. The quantitative estimate of drug-likeness (QED) is 0.252. The summed E-state index contributed by atoms with van der Waals surface area (Å²) in [4.78, 5) is 0. The molecule has 0 spiro atoms. The van der Waals surface area contributed by atoms with E-state index in [-0.39, 0.29) is 0 Å². The van der Waals surface area contributed by atoms with Gasteiger partial charge in [-0.3, -0.25) is 4.57 Å². The van der Waals surface area contributed by atoms with Gasteiger partial charge in [0.25, 0.3) is 0 Å². The predicted molar refractivity (Wildman–Crippen MR) is 154 cm³/mol. The van der Waals surface area contributed by atoms with Crippen LogP contribution in [0.25, 0.3) is 71.2 Å². The zero-order chi connectivity index (χ0) is 24.3. The van der Waals surface area contributed by atoms with E-state index < -0.39 is 0 Å². The normalized spacial score (nSPS) is 11.8. The minimum atomic E-state index is 0.849. The van der Waals surface area contributed by atoms with Crippen molar-refractivity contribution >= 4 is 54.1 Å². The van der Waals surface area contributed by atoms with Crippen molar-refractivity contribution in [3.63, 3.8) is 0 Å². The van der Waals surface area contributed by atoms with Crippen LogP contribution in [0.3, 0.4) is 0 Å². The molecule has 3 nitrogen and oxygen atoms in total. The van der Waals surface area contributed by atoms with E-state index in [1.54, 1.807) is 0 Å². The minimum Gasteiger partial charge on any atom is -0.292 e. The summed E-state index contributed by atoms with van der Waals surface area (Å²) in [7, 11) is 0. The van der Waals surface area contributed by atoms with Crippen molar-refractivity contribution in [1.82, 2.24) is 14.8 Å². The van der Waals surface area contributed by atoms with Crippen molar-refractivity contribution < 1.29 is 0 Å². The molecule has 0 amide bonds. The highest BCUT2D eigenvalue weighted by Crippen LogP contribution is 2.37. The summed E-state index contributed by atoms with van der Waals surface area (Å²) in [5, 5.41) is 19.2. The van der Waals surface area contributed by atoms with Gasteiger partial charge in [0, 0.05) is 27.1 Å². The topological polar surface area (TPSA) is 30.7 Å². The average molecular weight is 472 g/mol. The SMILES string of the molecule is c1ccc2cc(-c3nnc(-n4c5ccccc5c5cc6ccccc6cc54)c4ccccc34)ccc2c1. The molecule has 0 saturated heterocycles. The molecule has 0 N–H and O–H groups in total. The van der Waals surface area contributed by atoms with Gasteiger partial charge in [-0.2, -0.15) is 0 Å². The smallest absolute Gasteiger partial charge is 0.168 e. The molecule has 2 heterocycles. The van der Waals surface area contributed by atoms with Crippen LogP contribution >= 0.6 is 0 Å². The first kappa shape index (κ1) is 20.2. The molecule has 0 radical (unpaired) electrons. The number of hydrogen-bond acceptors (Lipinski definition) is 2. The largest absolute Gasteiger partial charge is 0.292 e. The van der Waals surface area contributed by atoms with Crippen LogP contribution in [0, 0.1) is 0 Å². The van der Waals surface area contributed by atoms with Crippen molar-refractivity contribution in [3.05, 3.63) is 127 Å². The molecule has 37 heavy (non-hydrogen) atoms. The molecule has 172 valence electrons. The lowest BCUT2D eigenvalue weighted by atomic mass is 10.0. The lowest BCUT2D eigenvalue weighted by molar-refractivity contribution is 0.977. The van der Waals surface area contributed by atoms with Gasteiger partial charge in [0.1, 0.15) is 5.69 Å². The summed E-state index contributed by atoms with van der Waals surface area (Å²) in [5.74, 6) is 0.849. The molecule has 3 heteroatoms. The maximum Gasteiger partial charge on any atom is 0.168 e. The third kappa shape index (κ3) is 3.01. The molecule has 0 aliphatic carbocycles. The Morgan fingerprint density at radius 1 is 0.405 bits per heavy atom. The lowest BCUT2D eigenvalue weighted by Crippen LogP contribution is -2.02. The summed E-state index contributed by atoms with van der Waals surface area (Å²) in [5.41, 5.74) is 4.24. The van der Waals surface area contributed by atoms with E-state index >= 15 is 0 Å². The molecule has 0 unspecified atom stereocenters. The number of para-hydroxylation sites is 1. The van der Waals surface area contributed by atoms with Gasteiger partial charge in [0.15, 0.2) is 5.82 Å². The fourth-order valence-electron chi connectivity index (χ4n) is 5.69. The molecule has 6 aromatic carbocycles. The van der Waals surface area contributed by atoms with Crippen LogP contribution in [-0.4, -0.2) is 14.8 Å². The maximum atomic E-state index is 4.90. The van der Waals surface area contributed by atoms with Gasteiger partial charge < -0.3 is 0 Å². The highest BCUT2D eigenvalue weighted by Gasteiger charge is 2.18. The lowest BCUT2D eigenvalue weighted by Gasteiger charge is -2.13. The van der Waals surface area contributed by atoms with E-state index in [0.29, 0.717) is 0 Å². The Morgan fingerprint density at radius 3 is 1.84 bits per heavy atom. The number of benzene rings is 6. The van der Waals surface area contributed by atoms with E-state index in [2.05, 4.69) is 132 Å². The molecule has 8 rings (SSSR count). The number of fused-ring (bicyclic) bond motifs is 6. The Bertz CT molecular complexity index is 2150. The summed E-state index contributed by atoms with van der Waals surface area (Å²) in [6.45, 7) is 0. The number of nitrogens with zero attached hydrogens (tertiary/aromatic N) is 3. The van der Waals surface area contributed by atoms with Gasteiger partial charge in [-0.05, 0) is 45.8 Å². The van der Waals surface area contributed by atoms with Crippen molar-refractivity contribution in [1.29, 1.82) is 0 Å². The van der Waals surface area contributed by atoms with Crippen LogP contribution in [0.4, 0.5) is 0 Å². The van der Waals surface area contributed by atoms with Crippen LogP contribution in [0.5, 0.6) is 0 Å². The van der Waals surface area contributed by atoms with E-state index in [9.17, 15) is 0 Å². The van der Waals surface area contributed by atoms with Crippen LogP contribution < -0.4 is 0 Å². The number of rotatable bonds is 2. The van der Waals surface area contributed by atoms with Crippen molar-refractivity contribution in [2.45, 2.75) is 0 Å². The van der Waals surface area contributed by atoms with E-state index in [1.807, 2.05) is 0 Å². The zero-order valence-electron chi connectivity index (χ0n) is 20.0. The Kier molecular flexibility index (Phi) is 4.23. The highest BCUT2D eigenvalue weighted by molar-refractivity contribution is 6.14. The fourth-order valence-corrected chi connectivity index (χ4v) is 5.69. The first-order valence-corrected chi connectivity index (χ1v) is 12.5. The monoisotopic (exact) mass is 471 g/mol. The first-order chi connectivity index (χ1) is 18.3. The van der Waals surface area contributed by atoms with Gasteiger partial charge in [0.05, 0.1) is 11.0 Å². The van der Waals surface area contributed by atoms with Gasteiger partial charge in [-0.25, -0.2) is 0 Å². The van der Waals surface area contributed by atoms with Crippen LogP contribution in [0.15, 0.2) is 127 Å².